The Morgan fingerprint density at radius 2 is 2.09 bits per heavy atom. The third kappa shape index (κ3) is 2.35. The Bertz CT molecular complexity index is 863. The standard InChI is InChI=1S/C17H15N3O2S/c21-17(22)13-7-4-8-20(13)15-14-12(11-5-2-1-3-6-11)9-23-16(14)19-10-18-15/h1-3,5-6,9-10,13H,4,7-8H2,(H,21,22). The Labute approximate surface area is 137 Å². The average Bonchev–Trinajstić information content (AvgIpc) is 3.22. The average molecular weight is 325 g/mol. The van der Waals surface area contributed by atoms with Crippen molar-refractivity contribution >= 4 is 33.3 Å². The van der Waals surface area contributed by atoms with Crippen molar-refractivity contribution in [2.24, 2.45) is 0 Å². The molecular formula is C17H15N3O2S. The summed E-state index contributed by atoms with van der Waals surface area (Å²) in [5.41, 5.74) is 2.16. The minimum Gasteiger partial charge on any atom is -0.480 e. The van der Waals surface area contributed by atoms with Crippen LogP contribution in [0, 0.1) is 0 Å². The second-order valence-corrected chi connectivity index (χ2v) is 6.44. The number of hydrogen-bond donors (Lipinski definition) is 1. The van der Waals surface area contributed by atoms with Gasteiger partial charge in [0, 0.05) is 17.5 Å². The fraction of sp³-hybridized carbons (Fsp3) is 0.235. The molecule has 4 rings (SSSR count). The minimum atomic E-state index is -0.786. The molecule has 0 aliphatic carbocycles. The molecule has 0 bridgehead atoms. The Balaban J connectivity index is 1.91. The summed E-state index contributed by atoms with van der Waals surface area (Å²) >= 11 is 1.57. The number of benzene rings is 1. The van der Waals surface area contributed by atoms with Gasteiger partial charge in [-0.1, -0.05) is 30.3 Å². The van der Waals surface area contributed by atoms with Crippen LogP contribution in [0.2, 0.25) is 0 Å². The normalized spacial score (nSPS) is 17.7. The van der Waals surface area contributed by atoms with Crippen molar-refractivity contribution in [1.82, 2.24) is 9.97 Å². The fourth-order valence-corrected chi connectivity index (χ4v) is 4.09. The molecule has 1 fully saturated rings. The third-order valence-corrected chi connectivity index (χ3v) is 5.13. The number of anilines is 1. The number of thiophene rings is 1. The number of aromatic nitrogens is 2. The van der Waals surface area contributed by atoms with Crippen LogP contribution in [0.1, 0.15) is 12.8 Å². The summed E-state index contributed by atoms with van der Waals surface area (Å²) < 4.78 is 0. The third-order valence-electron chi connectivity index (χ3n) is 4.24. The van der Waals surface area contributed by atoms with E-state index in [-0.39, 0.29) is 0 Å². The zero-order valence-electron chi connectivity index (χ0n) is 12.3. The van der Waals surface area contributed by atoms with Gasteiger partial charge in [0.25, 0.3) is 0 Å². The van der Waals surface area contributed by atoms with Crippen LogP contribution in [0.15, 0.2) is 42.0 Å². The zero-order chi connectivity index (χ0) is 15.8. The Morgan fingerprint density at radius 1 is 1.26 bits per heavy atom. The lowest BCUT2D eigenvalue weighted by Gasteiger charge is -2.23. The zero-order valence-corrected chi connectivity index (χ0v) is 13.2. The van der Waals surface area contributed by atoms with Crippen molar-refractivity contribution in [3.63, 3.8) is 0 Å². The van der Waals surface area contributed by atoms with Crippen LogP contribution in [-0.2, 0) is 4.79 Å². The molecule has 1 atom stereocenters. The number of carboxylic acids is 1. The van der Waals surface area contributed by atoms with Crippen LogP contribution in [0.3, 0.4) is 0 Å². The van der Waals surface area contributed by atoms with Crippen molar-refractivity contribution in [1.29, 1.82) is 0 Å². The number of nitrogens with zero attached hydrogens (tertiary/aromatic N) is 3. The van der Waals surface area contributed by atoms with Gasteiger partial charge >= 0.3 is 5.97 Å². The first-order valence-electron chi connectivity index (χ1n) is 7.53. The largest absolute Gasteiger partial charge is 0.480 e. The van der Waals surface area contributed by atoms with E-state index in [0.717, 1.165) is 33.6 Å². The molecule has 1 aliphatic rings. The van der Waals surface area contributed by atoms with Crippen molar-refractivity contribution < 1.29 is 9.90 Å². The number of carboxylic acid groups (broad SMARTS) is 1. The molecule has 0 spiro atoms. The van der Waals surface area contributed by atoms with E-state index < -0.39 is 12.0 Å². The van der Waals surface area contributed by atoms with Crippen molar-refractivity contribution in [2.45, 2.75) is 18.9 Å². The van der Waals surface area contributed by atoms with Crippen molar-refractivity contribution in [3.8, 4) is 11.1 Å². The van der Waals surface area contributed by atoms with E-state index in [0.29, 0.717) is 13.0 Å². The second kappa shape index (κ2) is 5.62. The number of rotatable bonds is 3. The molecule has 0 saturated carbocycles. The predicted molar refractivity (Wildman–Crippen MR) is 90.9 cm³/mol. The Hall–Kier alpha value is -2.47. The monoisotopic (exact) mass is 325 g/mol. The lowest BCUT2D eigenvalue weighted by molar-refractivity contribution is -0.138. The van der Waals surface area contributed by atoms with Gasteiger partial charge in [0.1, 0.15) is 23.0 Å². The highest BCUT2D eigenvalue weighted by Crippen LogP contribution is 2.39. The Morgan fingerprint density at radius 3 is 2.87 bits per heavy atom. The molecule has 0 radical (unpaired) electrons. The van der Waals surface area contributed by atoms with E-state index in [1.54, 1.807) is 11.3 Å². The summed E-state index contributed by atoms with van der Waals surface area (Å²) in [7, 11) is 0. The summed E-state index contributed by atoms with van der Waals surface area (Å²) in [6, 6.07) is 9.58. The van der Waals surface area contributed by atoms with E-state index >= 15 is 0 Å². The highest BCUT2D eigenvalue weighted by Gasteiger charge is 2.33. The van der Waals surface area contributed by atoms with Gasteiger partial charge in [-0.3, -0.25) is 0 Å². The molecule has 6 heteroatoms. The summed E-state index contributed by atoms with van der Waals surface area (Å²) in [6.07, 6.45) is 3.05. The molecular weight excluding hydrogens is 310 g/mol. The second-order valence-electron chi connectivity index (χ2n) is 5.58. The molecule has 2 aromatic heterocycles. The topological polar surface area (TPSA) is 66.3 Å². The summed E-state index contributed by atoms with van der Waals surface area (Å²) in [4.78, 5) is 23.1. The van der Waals surface area contributed by atoms with Crippen molar-refractivity contribution in [3.05, 3.63) is 42.0 Å². The van der Waals surface area contributed by atoms with E-state index in [1.165, 1.54) is 6.33 Å². The van der Waals surface area contributed by atoms with Gasteiger partial charge < -0.3 is 10.0 Å². The van der Waals surface area contributed by atoms with E-state index in [9.17, 15) is 9.90 Å². The highest BCUT2D eigenvalue weighted by molar-refractivity contribution is 7.17. The minimum absolute atomic E-state index is 0.503. The first-order chi connectivity index (χ1) is 11.3. The fourth-order valence-electron chi connectivity index (χ4n) is 3.18. The molecule has 1 aromatic carbocycles. The summed E-state index contributed by atoms with van der Waals surface area (Å²) in [5, 5.41) is 12.5. The molecule has 1 aliphatic heterocycles. The molecule has 23 heavy (non-hydrogen) atoms. The highest BCUT2D eigenvalue weighted by atomic mass is 32.1. The lowest BCUT2D eigenvalue weighted by Crippen LogP contribution is -2.36. The predicted octanol–water partition coefficient (Wildman–Crippen LogP) is 3.41. The molecule has 5 nitrogen and oxygen atoms in total. The number of fused-ring (bicyclic) bond motifs is 1. The molecule has 1 unspecified atom stereocenters. The van der Waals surface area contributed by atoms with Crippen LogP contribution < -0.4 is 4.90 Å². The number of hydrogen-bond acceptors (Lipinski definition) is 5. The van der Waals surface area contributed by atoms with Gasteiger partial charge in [-0.05, 0) is 18.4 Å². The first kappa shape index (κ1) is 14.1. The Kier molecular flexibility index (Phi) is 3.46. The maximum absolute atomic E-state index is 11.5. The molecule has 3 heterocycles. The molecule has 3 aromatic rings. The van der Waals surface area contributed by atoms with Crippen LogP contribution in [-0.4, -0.2) is 33.6 Å². The summed E-state index contributed by atoms with van der Waals surface area (Å²) in [5.74, 6) is -0.0502. The lowest BCUT2D eigenvalue weighted by atomic mass is 10.1. The smallest absolute Gasteiger partial charge is 0.326 e. The van der Waals surface area contributed by atoms with Gasteiger partial charge in [-0.15, -0.1) is 11.3 Å². The van der Waals surface area contributed by atoms with Crippen LogP contribution in [0.25, 0.3) is 21.3 Å². The van der Waals surface area contributed by atoms with E-state index in [2.05, 4.69) is 27.5 Å². The van der Waals surface area contributed by atoms with Gasteiger partial charge in [0.2, 0.25) is 0 Å². The molecule has 0 amide bonds. The van der Waals surface area contributed by atoms with Crippen LogP contribution in [0.5, 0.6) is 0 Å². The maximum atomic E-state index is 11.5. The van der Waals surface area contributed by atoms with Crippen molar-refractivity contribution in [2.75, 3.05) is 11.4 Å². The summed E-state index contributed by atoms with van der Waals surface area (Å²) in [6.45, 7) is 0.715. The number of carbonyl (C=O) groups is 1. The molecule has 1 saturated heterocycles. The van der Waals surface area contributed by atoms with Gasteiger partial charge in [-0.25, -0.2) is 14.8 Å². The molecule has 116 valence electrons. The maximum Gasteiger partial charge on any atom is 0.326 e. The van der Waals surface area contributed by atoms with E-state index in [1.807, 2.05) is 23.1 Å². The van der Waals surface area contributed by atoms with Crippen LogP contribution in [0.4, 0.5) is 5.82 Å². The van der Waals surface area contributed by atoms with Gasteiger partial charge in [-0.2, -0.15) is 0 Å². The first-order valence-corrected chi connectivity index (χ1v) is 8.41. The van der Waals surface area contributed by atoms with Crippen LogP contribution >= 0.6 is 11.3 Å². The quantitative estimate of drug-likeness (QED) is 0.799. The SMILES string of the molecule is O=C(O)C1CCCN1c1ncnc2scc(-c3ccccc3)c12. The number of aliphatic carboxylic acids is 1. The van der Waals surface area contributed by atoms with Gasteiger partial charge in [0.15, 0.2) is 0 Å². The van der Waals surface area contributed by atoms with E-state index in [4.69, 9.17) is 0 Å². The molecule has 1 N–H and O–H groups in total. The van der Waals surface area contributed by atoms with Gasteiger partial charge in [0.05, 0.1) is 5.39 Å².